The molecule has 20 heavy (non-hydrogen) atoms. The van der Waals surface area contributed by atoms with Crippen LogP contribution in [0, 0.1) is 6.92 Å². The van der Waals surface area contributed by atoms with Gasteiger partial charge >= 0.3 is 6.03 Å². The van der Waals surface area contributed by atoms with Crippen molar-refractivity contribution in [3.05, 3.63) is 40.3 Å². The molecule has 2 heterocycles. The first-order valence-corrected chi connectivity index (χ1v) is 7.34. The largest absolute Gasteiger partial charge is 0.399 e. The van der Waals surface area contributed by atoms with Crippen molar-refractivity contribution in [1.29, 1.82) is 0 Å². The lowest BCUT2D eigenvalue weighted by Gasteiger charge is -2.18. The van der Waals surface area contributed by atoms with Gasteiger partial charge in [-0.05, 0) is 31.2 Å². The number of nitrogens with two attached hydrogens (primary N) is 1. The number of carbonyl (C=O) groups is 1. The molecule has 0 spiro atoms. The maximum Gasteiger partial charge on any atom is 0.324 e. The summed E-state index contributed by atoms with van der Waals surface area (Å²) in [6.45, 7) is 3.98. The van der Waals surface area contributed by atoms with Gasteiger partial charge < -0.3 is 10.6 Å². The van der Waals surface area contributed by atoms with Crippen LogP contribution in [0.25, 0.3) is 0 Å². The Balaban J connectivity index is 1.72. The number of aryl methyl sites for hydroxylation is 1. The predicted molar refractivity (Wildman–Crippen MR) is 80.9 cm³/mol. The number of anilines is 2. The molecule has 0 atom stereocenters. The molecule has 1 aromatic carbocycles. The second-order valence-electron chi connectivity index (χ2n) is 4.83. The molecule has 1 aliphatic heterocycles. The topological polar surface area (TPSA) is 62.5 Å². The molecular formula is C14H16N4OS. The minimum Gasteiger partial charge on any atom is -0.399 e. The molecule has 1 saturated heterocycles. The fourth-order valence-electron chi connectivity index (χ4n) is 2.26. The van der Waals surface area contributed by atoms with E-state index in [2.05, 4.69) is 4.98 Å². The molecule has 0 radical (unpaired) electrons. The summed E-state index contributed by atoms with van der Waals surface area (Å²) in [6, 6.07) is 7.42. The average molecular weight is 288 g/mol. The van der Waals surface area contributed by atoms with Crippen LogP contribution in [0.3, 0.4) is 0 Å². The summed E-state index contributed by atoms with van der Waals surface area (Å²) in [6.07, 6.45) is 0. The number of carbonyl (C=O) groups excluding carboxylic acids is 1. The van der Waals surface area contributed by atoms with Crippen LogP contribution in [0.1, 0.15) is 10.7 Å². The van der Waals surface area contributed by atoms with E-state index in [1.807, 2.05) is 41.5 Å². The molecule has 0 saturated carbocycles. The Labute approximate surface area is 121 Å². The summed E-state index contributed by atoms with van der Waals surface area (Å²) in [5.41, 5.74) is 8.27. The Morgan fingerprint density at radius 2 is 2.05 bits per heavy atom. The van der Waals surface area contributed by atoms with E-state index in [0.717, 1.165) is 22.9 Å². The van der Waals surface area contributed by atoms with E-state index in [0.29, 0.717) is 18.8 Å². The lowest BCUT2D eigenvalue weighted by molar-refractivity contribution is 0.218. The van der Waals surface area contributed by atoms with Crippen LogP contribution in [-0.2, 0) is 6.54 Å². The zero-order chi connectivity index (χ0) is 14.1. The Bertz CT molecular complexity index is 622. The lowest BCUT2D eigenvalue weighted by Crippen LogP contribution is -2.31. The molecule has 0 aliphatic carbocycles. The summed E-state index contributed by atoms with van der Waals surface area (Å²) >= 11 is 1.60. The van der Waals surface area contributed by atoms with Gasteiger partial charge in [-0.1, -0.05) is 0 Å². The maximum absolute atomic E-state index is 12.4. The fourth-order valence-corrected chi connectivity index (χ4v) is 3.05. The molecular weight excluding hydrogens is 272 g/mol. The van der Waals surface area contributed by atoms with E-state index in [1.54, 1.807) is 16.2 Å². The third kappa shape index (κ3) is 2.46. The molecule has 104 valence electrons. The molecule has 0 unspecified atom stereocenters. The number of amides is 2. The highest BCUT2D eigenvalue weighted by Gasteiger charge is 2.29. The summed E-state index contributed by atoms with van der Waals surface area (Å²) in [7, 11) is 0. The van der Waals surface area contributed by atoms with Crippen molar-refractivity contribution < 1.29 is 4.79 Å². The van der Waals surface area contributed by atoms with Crippen molar-refractivity contribution in [2.75, 3.05) is 23.7 Å². The number of aromatic nitrogens is 1. The number of benzene rings is 1. The Morgan fingerprint density at radius 3 is 2.70 bits per heavy atom. The van der Waals surface area contributed by atoms with E-state index in [1.165, 1.54) is 0 Å². The monoisotopic (exact) mass is 288 g/mol. The summed E-state index contributed by atoms with van der Waals surface area (Å²) < 4.78 is 0. The quantitative estimate of drug-likeness (QED) is 0.883. The van der Waals surface area contributed by atoms with E-state index in [9.17, 15) is 4.79 Å². The standard InChI is InChI=1S/C14H16N4OS/c1-10-9-20-13(16-10)8-17-6-7-18(14(17)19)12-4-2-11(15)3-5-12/h2-5,9H,6-8,15H2,1H3. The first-order valence-electron chi connectivity index (χ1n) is 6.46. The molecule has 3 rings (SSSR count). The number of thiazole rings is 1. The van der Waals surface area contributed by atoms with Gasteiger partial charge in [0, 0.05) is 35.5 Å². The number of hydrogen-bond donors (Lipinski definition) is 1. The third-order valence-electron chi connectivity index (χ3n) is 3.29. The minimum atomic E-state index is 0.0302. The molecule has 2 amide bonds. The van der Waals surface area contributed by atoms with Gasteiger partial charge in [0.1, 0.15) is 5.01 Å². The van der Waals surface area contributed by atoms with Gasteiger partial charge in [-0.2, -0.15) is 0 Å². The zero-order valence-corrected chi connectivity index (χ0v) is 12.1. The van der Waals surface area contributed by atoms with Crippen molar-refractivity contribution in [3.63, 3.8) is 0 Å². The Morgan fingerprint density at radius 1 is 1.30 bits per heavy atom. The average Bonchev–Trinajstić information content (AvgIpc) is 2.99. The van der Waals surface area contributed by atoms with Gasteiger partial charge in [0.25, 0.3) is 0 Å². The second-order valence-corrected chi connectivity index (χ2v) is 5.77. The summed E-state index contributed by atoms with van der Waals surface area (Å²) in [4.78, 5) is 20.4. The highest BCUT2D eigenvalue weighted by Crippen LogP contribution is 2.23. The number of hydrogen-bond acceptors (Lipinski definition) is 4. The minimum absolute atomic E-state index is 0.0302. The fraction of sp³-hybridized carbons (Fsp3) is 0.286. The van der Waals surface area contributed by atoms with Crippen LogP contribution in [0.2, 0.25) is 0 Å². The normalized spacial score (nSPS) is 15.2. The van der Waals surface area contributed by atoms with E-state index >= 15 is 0 Å². The highest BCUT2D eigenvalue weighted by molar-refractivity contribution is 7.09. The molecule has 1 aromatic heterocycles. The molecule has 2 N–H and O–H groups in total. The van der Waals surface area contributed by atoms with Crippen molar-refractivity contribution in [2.24, 2.45) is 0 Å². The smallest absolute Gasteiger partial charge is 0.324 e. The first-order chi connectivity index (χ1) is 9.63. The van der Waals surface area contributed by atoms with E-state index in [-0.39, 0.29) is 6.03 Å². The molecule has 5 nitrogen and oxygen atoms in total. The van der Waals surface area contributed by atoms with Crippen molar-refractivity contribution in [3.8, 4) is 0 Å². The second kappa shape index (κ2) is 5.13. The van der Waals surface area contributed by atoms with E-state index < -0.39 is 0 Å². The van der Waals surface area contributed by atoms with Crippen LogP contribution in [0.15, 0.2) is 29.6 Å². The first kappa shape index (κ1) is 12.9. The number of nitrogen functional groups attached to an aromatic ring is 1. The summed E-state index contributed by atoms with van der Waals surface area (Å²) in [5, 5.41) is 2.99. The van der Waals surface area contributed by atoms with Crippen LogP contribution in [-0.4, -0.2) is 29.0 Å². The van der Waals surface area contributed by atoms with Crippen molar-refractivity contribution in [1.82, 2.24) is 9.88 Å². The van der Waals surface area contributed by atoms with Crippen LogP contribution in [0.4, 0.5) is 16.2 Å². The highest BCUT2D eigenvalue weighted by atomic mass is 32.1. The molecule has 2 aromatic rings. The van der Waals surface area contributed by atoms with Gasteiger partial charge in [0.2, 0.25) is 0 Å². The maximum atomic E-state index is 12.4. The molecule has 6 heteroatoms. The van der Waals surface area contributed by atoms with Crippen LogP contribution in [0.5, 0.6) is 0 Å². The number of rotatable bonds is 3. The Hall–Kier alpha value is -2.08. The SMILES string of the molecule is Cc1csc(CN2CCN(c3ccc(N)cc3)C2=O)n1. The van der Waals surface area contributed by atoms with Crippen LogP contribution < -0.4 is 10.6 Å². The van der Waals surface area contributed by atoms with Gasteiger partial charge in [-0.3, -0.25) is 4.90 Å². The van der Waals surface area contributed by atoms with Crippen molar-refractivity contribution in [2.45, 2.75) is 13.5 Å². The van der Waals surface area contributed by atoms with Crippen LogP contribution >= 0.6 is 11.3 Å². The molecule has 1 aliphatic rings. The van der Waals surface area contributed by atoms with Crippen molar-refractivity contribution >= 4 is 28.7 Å². The van der Waals surface area contributed by atoms with Gasteiger partial charge in [0.15, 0.2) is 0 Å². The van der Waals surface area contributed by atoms with Gasteiger partial charge in [-0.25, -0.2) is 9.78 Å². The van der Waals surface area contributed by atoms with Gasteiger partial charge in [0.05, 0.1) is 6.54 Å². The predicted octanol–water partition coefficient (Wildman–Crippen LogP) is 2.48. The third-order valence-corrected chi connectivity index (χ3v) is 4.24. The molecule has 0 bridgehead atoms. The summed E-state index contributed by atoms with van der Waals surface area (Å²) in [5.74, 6) is 0. The number of urea groups is 1. The van der Waals surface area contributed by atoms with E-state index in [4.69, 9.17) is 5.73 Å². The number of nitrogens with zero attached hydrogens (tertiary/aromatic N) is 3. The van der Waals surface area contributed by atoms with Gasteiger partial charge in [-0.15, -0.1) is 11.3 Å². The lowest BCUT2D eigenvalue weighted by atomic mass is 10.2. The zero-order valence-electron chi connectivity index (χ0n) is 11.2. The molecule has 1 fully saturated rings. The Kier molecular flexibility index (Phi) is 3.31.